The van der Waals surface area contributed by atoms with Gasteiger partial charge in [-0.05, 0) is 42.5 Å². The number of imide groups is 1. The van der Waals surface area contributed by atoms with E-state index in [1.165, 1.54) is 4.90 Å². The molecule has 2 aromatic carbocycles. The predicted molar refractivity (Wildman–Crippen MR) is 130 cm³/mol. The largest absolute Gasteiger partial charge is 0.493 e. The van der Waals surface area contributed by atoms with E-state index in [0.717, 1.165) is 11.1 Å². The Balaban J connectivity index is 1.47. The Labute approximate surface area is 205 Å². The Morgan fingerprint density at radius 2 is 1.74 bits per heavy atom. The first kappa shape index (κ1) is 23.4. The van der Waals surface area contributed by atoms with Gasteiger partial charge in [-0.25, -0.2) is 0 Å². The van der Waals surface area contributed by atoms with Crippen molar-refractivity contribution in [3.8, 4) is 11.5 Å². The molecule has 3 amide bonds. The number of carbonyl (C=O) groups is 3. The molecule has 2 fully saturated rings. The number of carbonyl (C=O) groups excluding carboxylic acids is 3. The number of benzene rings is 2. The van der Waals surface area contributed by atoms with Gasteiger partial charge in [0.1, 0.15) is 5.54 Å². The van der Waals surface area contributed by atoms with E-state index in [1.807, 2.05) is 42.5 Å². The normalized spacial score (nSPS) is 26.9. The fourth-order valence-electron chi connectivity index (χ4n) is 6.03. The van der Waals surface area contributed by atoms with Crippen LogP contribution in [0.3, 0.4) is 0 Å². The lowest BCUT2D eigenvalue weighted by molar-refractivity contribution is -0.142. The Morgan fingerprint density at radius 3 is 2.46 bits per heavy atom. The summed E-state index contributed by atoms with van der Waals surface area (Å²) >= 11 is 0. The lowest BCUT2D eigenvalue weighted by Gasteiger charge is -2.30. The summed E-state index contributed by atoms with van der Waals surface area (Å²) in [5.41, 5.74) is 1.13. The molecule has 5 rings (SSSR count). The molecular weight excluding hydrogens is 446 g/mol. The molecule has 184 valence electrons. The number of fused-ring (bicyclic) bond motifs is 4. The highest BCUT2D eigenvalue weighted by Gasteiger charge is 2.70. The minimum Gasteiger partial charge on any atom is -0.493 e. The maximum atomic E-state index is 13.8. The van der Waals surface area contributed by atoms with Crippen LogP contribution < -0.4 is 20.1 Å². The highest BCUT2D eigenvalue weighted by molar-refractivity contribution is 6.15. The number of hydrogen-bond acceptors (Lipinski definition) is 6. The molecule has 3 aliphatic rings. The van der Waals surface area contributed by atoms with Crippen molar-refractivity contribution >= 4 is 23.4 Å². The average Bonchev–Trinajstić information content (AvgIpc) is 3.41. The molecule has 4 atom stereocenters. The van der Waals surface area contributed by atoms with Gasteiger partial charge in [0.15, 0.2) is 11.5 Å². The summed E-state index contributed by atoms with van der Waals surface area (Å²) in [6.45, 7) is 4.41. The van der Waals surface area contributed by atoms with Gasteiger partial charge >= 0.3 is 0 Å². The first-order valence-electron chi connectivity index (χ1n) is 12.1. The van der Waals surface area contributed by atoms with E-state index >= 15 is 0 Å². The van der Waals surface area contributed by atoms with Crippen LogP contribution in [0.2, 0.25) is 0 Å². The first-order valence-corrected chi connectivity index (χ1v) is 12.1. The monoisotopic (exact) mass is 477 g/mol. The molecule has 3 aliphatic heterocycles. The number of nitrogens with one attached hydrogen (secondary N) is 2. The van der Waals surface area contributed by atoms with Crippen LogP contribution in [0.25, 0.3) is 0 Å². The summed E-state index contributed by atoms with van der Waals surface area (Å²) in [4.78, 5) is 42.3. The van der Waals surface area contributed by atoms with Gasteiger partial charge in [-0.1, -0.05) is 38.1 Å². The number of methoxy groups -OCH3 is 2. The van der Waals surface area contributed by atoms with Crippen molar-refractivity contribution in [1.29, 1.82) is 0 Å². The van der Waals surface area contributed by atoms with Crippen molar-refractivity contribution in [3.63, 3.8) is 0 Å². The summed E-state index contributed by atoms with van der Waals surface area (Å²) in [5, 5.41) is 6.42. The zero-order valence-electron chi connectivity index (χ0n) is 20.5. The van der Waals surface area contributed by atoms with Crippen molar-refractivity contribution < 1.29 is 23.9 Å². The molecule has 0 radical (unpaired) electrons. The van der Waals surface area contributed by atoms with Crippen LogP contribution in [0.15, 0.2) is 42.5 Å². The van der Waals surface area contributed by atoms with Gasteiger partial charge in [0, 0.05) is 23.8 Å². The van der Waals surface area contributed by atoms with Gasteiger partial charge in [0.05, 0.1) is 26.1 Å². The van der Waals surface area contributed by atoms with Crippen molar-refractivity contribution in [2.75, 3.05) is 26.1 Å². The summed E-state index contributed by atoms with van der Waals surface area (Å²) in [6, 6.07) is 12.7. The Morgan fingerprint density at radius 1 is 1.00 bits per heavy atom. The van der Waals surface area contributed by atoms with Crippen molar-refractivity contribution in [2.45, 2.75) is 38.3 Å². The zero-order valence-corrected chi connectivity index (χ0v) is 20.5. The number of nitrogens with zero attached hydrogens (tertiary/aromatic N) is 1. The lowest BCUT2D eigenvalue weighted by atomic mass is 9.76. The molecule has 8 heteroatoms. The number of ether oxygens (including phenoxy) is 2. The van der Waals surface area contributed by atoms with Gasteiger partial charge in [-0.15, -0.1) is 0 Å². The number of anilines is 1. The van der Waals surface area contributed by atoms with Crippen molar-refractivity contribution in [1.82, 2.24) is 10.2 Å². The maximum Gasteiger partial charge on any atom is 0.250 e. The van der Waals surface area contributed by atoms with Gasteiger partial charge < -0.3 is 14.8 Å². The molecule has 8 nitrogen and oxygen atoms in total. The van der Waals surface area contributed by atoms with E-state index in [9.17, 15) is 14.4 Å². The molecule has 35 heavy (non-hydrogen) atoms. The lowest BCUT2D eigenvalue weighted by Crippen LogP contribution is -2.53. The highest BCUT2D eigenvalue weighted by Crippen LogP contribution is 2.53. The van der Waals surface area contributed by atoms with E-state index in [2.05, 4.69) is 24.5 Å². The van der Waals surface area contributed by atoms with Gasteiger partial charge in [-0.3, -0.25) is 24.6 Å². The van der Waals surface area contributed by atoms with Crippen LogP contribution in [-0.4, -0.2) is 49.4 Å². The fraction of sp³-hybridized carbons (Fsp3) is 0.444. The van der Waals surface area contributed by atoms with Gasteiger partial charge in [-0.2, -0.15) is 0 Å². The highest BCUT2D eigenvalue weighted by atomic mass is 16.5. The molecule has 3 heterocycles. The van der Waals surface area contributed by atoms with Crippen LogP contribution in [0.5, 0.6) is 11.5 Å². The predicted octanol–water partition coefficient (Wildman–Crippen LogP) is 2.71. The molecule has 0 saturated carbocycles. The molecular formula is C27H31N3O5. The molecule has 2 N–H and O–H groups in total. The van der Waals surface area contributed by atoms with E-state index in [4.69, 9.17) is 9.47 Å². The summed E-state index contributed by atoms with van der Waals surface area (Å²) in [6.07, 6.45) is 1.18. The van der Waals surface area contributed by atoms with Crippen molar-refractivity contribution in [3.05, 3.63) is 53.6 Å². The number of para-hydroxylation sites is 1. The molecule has 2 aromatic rings. The average molecular weight is 478 g/mol. The second-order valence-corrected chi connectivity index (χ2v) is 9.96. The summed E-state index contributed by atoms with van der Waals surface area (Å²) in [5.74, 6) is -0.580. The van der Waals surface area contributed by atoms with Crippen LogP contribution in [0.1, 0.15) is 31.4 Å². The van der Waals surface area contributed by atoms with Crippen LogP contribution in [0.4, 0.5) is 5.69 Å². The van der Waals surface area contributed by atoms with Gasteiger partial charge in [0.2, 0.25) is 17.7 Å². The SMILES string of the molecule is COc1ccc(CCN2C(=O)C3C(CC(C)C)NC4(C(=O)Nc5ccccc54)C3C2=O)cc1OC. The van der Waals surface area contributed by atoms with E-state index < -0.39 is 17.4 Å². The third-order valence-electron chi connectivity index (χ3n) is 7.51. The molecule has 0 bridgehead atoms. The third kappa shape index (κ3) is 3.50. The minimum atomic E-state index is -1.23. The van der Waals surface area contributed by atoms with Crippen LogP contribution in [0, 0.1) is 17.8 Å². The third-order valence-corrected chi connectivity index (χ3v) is 7.51. The molecule has 1 spiro atoms. The van der Waals surface area contributed by atoms with E-state index in [0.29, 0.717) is 35.9 Å². The van der Waals surface area contributed by atoms with E-state index in [-0.39, 0.29) is 30.3 Å². The zero-order chi connectivity index (χ0) is 24.9. The fourth-order valence-corrected chi connectivity index (χ4v) is 6.03. The van der Waals surface area contributed by atoms with Crippen LogP contribution in [-0.2, 0) is 26.3 Å². The molecule has 0 aliphatic carbocycles. The number of hydrogen-bond donors (Lipinski definition) is 2. The van der Waals surface area contributed by atoms with Crippen LogP contribution >= 0.6 is 0 Å². The van der Waals surface area contributed by atoms with E-state index in [1.54, 1.807) is 14.2 Å². The molecule has 4 unspecified atom stereocenters. The van der Waals surface area contributed by atoms with Gasteiger partial charge in [0.25, 0.3) is 0 Å². The smallest absolute Gasteiger partial charge is 0.250 e. The first-order chi connectivity index (χ1) is 16.8. The maximum absolute atomic E-state index is 13.8. The Kier molecular flexibility index (Phi) is 5.79. The second-order valence-electron chi connectivity index (χ2n) is 9.96. The standard InChI is InChI=1S/C27H31N3O5/c1-15(2)13-19-22-23(27(29-19)17-7-5-6-8-18(17)28-26(27)33)25(32)30(24(22)31)12-11-16-9-10-20(34-3)21(14-16)35-4/h5-10,14-15,19,22-23,29H,11-13H2,1-4H3,(H,28,33). The molecule has 0 aromatic heterocycles. The topological polar surface area (TPSA) is 97.0 Å². The molecule has 2 saturated heterocycles. The number of likely N-dealkylation sites (tertiary alicyclic amines) is 1. The summed E-state index contributed by atoms with van der Waals surface area (Å²) < 4.78 is 10.7. The van der Waals surface area contributed by atoms with Crippen molar-refractivity contribution in [2.24, 2.45) is 17.8 Å². The summed E-state index contributed by atoms with van der Waals surface area (Å²) in [7, 11) is 3.15. The number of rotatable bonds is 7. The second kappa shape index (κ2) is 8.68. The Hall–Kier alpha value is -3.39. The quantitative estimate of drug-likeness (QED) is 0.596. The minimum absolute atomic E-state index is 0.201. The Bertz CT molecular complexity index is 1200. The number of amides is 3.